The molecule has 0 radical (unpaired) electrons. The molecular formula is C13H23NO4. The Bertz CT molecular complexity index is 330. The second-order valence-electron chi connectivity index (χ2n) is 5.96. The van der Waals surface area contributed by atoms with E-state index in [1.165, 1.54) is 7.11 Å². The molecule has 1 amide bonds. The summed E-state index contributed by atoms with van der Waals surface area (Å²) in [6.07, 6.45) is 1.34. The van der Waals surface area contributed by atoms with Gasteiger partial charge in [0.05, 0.1) is 0 Å². The van der Waals surface area contributed by atoms with E-state index in [2.05, 4.69) is 5.32 Å². The molecule has 0 heterocycles. The van der Waals surface area contributed by atoms with Crippen molar-refractivity contribution < 1.29 is 19.1 Å². The summed E-state index contributed by atoms with van der Waals surface area (Å²) in [5.74, 6) is 0.0750. The third-order valence-electron chi connectivity index (χ3n) is 3.01. The van der Waals surface area contributed by atoms with Crippen molar-refractivity contribution in [2.75, 3.05) is 13.7 Å². The van der Waals surface area contributed by atoms with Crippen molar-refractivity contribution in [1.29, 1.82) is 0 Å². The molecule has 0 aromatic rings. The van der Waals surface area contributed by atoms with Crippen molar-refractivity contribution in [2.45, 2.75) is 51.7 Å². The van der Waals surface area contributed by atoms with Gasteiger partial charge in [0.25, 0.3) is 0 Å². The number of alkyl carbamates (subject to hydrolysis) is 1. The molecule has 1 N–H and O–H groups in total. The molecule has 1 fully saturated rings. The summed E-state index contributed by atoms with van der Waals surface area (Å²) < 4.78 is 10.1. The highest BCUT2D eigenvalue weighted by molar-refractivity contribution is 5.93. The predicted molar refractivity (Wildman–Crippen MR) is 67.4 cm³/mol. The molecule has 0 saturated heterocycles. The molecule has 1 rings (SSSR count). The largest absolute Gasteiger partial charge is 0.444 e. The first-order chi connectivity index (χ1) is 8.19. The van der Waals surface area contributed by atoms with Crippen LogP contribution in [0.3, 0.4) is 0 Å². The minimum absolute atomic E-state index is 0.00278. The first kappa shape index (κ1) is 15.0. The Morgan fingerprint density at radius 1 is 1.22 bits per heavy atom. The fourth-order valence-corrected chi connectivity index (χ4v) is 1.86. The lowest BCUT2D eigenvalue weighted by molar-refractivity contribution is -0.129. The molecule has 1 aliphatic rings. The second-order valence-corrected chi connectivity index (χ2v) is 5.96. The Labute approximate surface area is 108 Å². The van der Waals surface area contributed by atoms with Crippen molar-refractivity contribution in [1.82, 2.24) is 5.32 Å². The van der Waals surface area contributed by atoms with Crippen LogP contribution in [0.5, 0.6) is 0 Å². The van der Waals surface area contributed by atoms with Gasteiger partial charge in [0.2, 0.25) is 0 Å². The third-order valence-corrected chi connectivity index (χ3v) is 3.01. The number of amides is 1. The molecule has 0 aromatic carbocycles. The normalized spacial score (nSPS) is 18.9. The molecule has 5 heteroatoms. The van der Waals surface area contributed by atoms with Crippen LogP contribution >= 0.6 is 0 Å². The van der Waals surface area contributed by atoms with E-state index in [1.54, 1.807) is 27.7 Å². The predicted octanol–water partition coefficient (Wildman–Crippen LogP) is 1.90. The summed E-state index contributed by atoms with van der Waals surface area (Å²) in [5, 5.41) is 2.71. The van der Waals surface area contributed by atoms with Crippen LogP contribution in [-0.2, 0) is 14.3 Å². The first-order valence-corrected chi connectivity index (χ1v) is 6.22. The van der Waals surface area contributed by atoms with Gasteiger partial charge in [0, 0.05) is 7.11 Å². The van der Waals surface area contributed by atoms with Crippen LogP contribution < -0.4 is 5.32 Å². The van der Waals surface area contributed by atoms with Crippen molar-refractivity contribution in [3.8, 4) is 0 Å². The molecule has 0 bridgehead atoms. The van der Waals surface area contributed by atoms with Crippen LogP contribution in [0.2, 0.25) is 0 Å². The molecule has 0 aliphatic heterocycles. The molecule has 5 nitrogen and oxygen atoms in total. The van der Waals surface area contributed by atoms with Gasteiger partial charge in [0.1, 0.15) is 17.7 Å². The van der Waals surface area contributed by atoms with Crippen LogP contribution in [0.25, 0.3) is 0 Å². The molecule has 1 saturated carbocycles. The highest BCUT2D eigenvalue weighted by atomic mass is 16.6. The van der Waals surface area contributed by atoms with Gasteiger partial charge in [-0.25, -0.2) is 4.79 Å². The average molecular weight is 257 g/mol. The number of nitrogens with one attached hydrogen (secondary N) is 1. The van der Waals surface area contributed by atoms with Gasteiger partial charge in [-0.2, -0.15) is 0 Å². The monoisotopic (exact) mass is 257 g/mol. The van der Waals surface area contributed by atoms with Gasteiger partial charge < -0.3 is 14.8 Å². The number of hydrogen-bond acceptors (Lipinski definition) is 4. The minimum atomic E-state index is -0.877. The number of ether oxygens (including phenoxy) is 2. The number of Topliss-reactive ketones (excluding diaryl/α,β-unsaturated/α-hetero) is 1. The maximum Gasteiger partial charge on any atom is 0.408 e. The maximum absolute atomic E-state index is 12.1. The van der Waals surface area contributed by atoms with Crippen molar-refractivity contribution >= 4 is 11.9 Å². The summed E-state index contributed by atoms with van der Waals surface area (Å²) >= 11 is 0. The number of methoxy groups -OCH3 is 1. The molecule has 18 heavy (non-hydrogen) atoms. The van der Waals surface area contributed by atoms with Crippen molar-refractivity contribution in [3.63, 3.8) is 0 Å². The van der Waals surface area contributed by atoms with Crippen LogP contribution in [-0.4, -0.2) is 36.7 Å². The van der Waals surface area contributed by atoms with E-state index >= 15 is 0 Å². The quantitative estimate of drug-likeness (QED) is 0.817. The van der Waals surface area contributed by atoms with Crippen LogP contribution in [0.15, 0.2) is 0 Å². The Hall–Kier alpha value is -1.10. The fraction of sp³-hybridized carbons (Fsp3) is 0.846. The van der Waals surface area contributed by atoms with Gasteiger partial charge in [-0.1, -0.05) is 0 Å². The van der Waals surface area contributed by atoms with E-state index in [4.69, 9.17) is 9.47 Å². The van der Waals surface area contributed by atoms with E-state index < -0.39 is 17.2 Å². The third kappa shape index (κ3) is 3.98. The van der Waals surface area contributed by atoms with E-state index in [9.17, 15) is 9.59 Å². The molecular weight excluding hydrogens is 234 g/mol. The zero-order valence-electron chi connectivity index (χ0n) is 11.8. The van der Waals surface area contributed by atoms with Gasteiger partial charge in [0.15, 0.2) is 5.78 Å². The standard InChI is InChI=1S/C13H23NO4/c1-12(2,3)18-11(16)14-13(4,9-6-7-9)10(15)8-17-5/h9H,6-8H2,1-5H3,(H,14,16). The lowest BCUT2D eigenvalue weighted by Gasteiger charge is -2.30. The Kier molecular flexibility index (Phi) is 4.37. The van der Waals surface area contributed by atoms with E-state index in [-0.39, 0.29) is 18.3 Å². The summed E-state index contributed by atoms with van der Waals surface area (Å²) in [4.78, 5) is 23.8. The molecule has 0 aromatic heterocycles. The van der Waals surface area contributed by atoms with E-state index in [0.717, 1.165) is 12.8 Å². The fourth-order valence-electron chi connectivity index (χ4n) is 1.86. The maximum atomic E-state index is 12.1. The number of carbonyl (C=O) groups is 2. The molecule has 0 spiro atoms. The van der Waals surface area contributed by atoms with Crippen LogP contribution in [0.1, 0.15) is 40.5 Å². The number of hydrogen-bond donors (Lipinski definition) is 1. The topological polar surface area (TPSA) is 64.6 Å². The zero-order chi connectivity index (χ0) is 14.0. The smallest absolute Gasteiger partial charge is 0.408 e. The van der Waals surface area contributed by atoms with Crippen LogP contribution in [0, 0.1) is 5.92 Å². The second kappa shape index (κ2) is 5.26. The van der Waals surface area contributed by atoms with Gasteiger partial charge in [-0.15, -0.1) is 0 Å². The van der Waals surface area contributed by atoms with Crippen molar-refractivity contribution in [3.05, 3.63) is 0 Å². The molecule has 104 valence electrons. The van der Waals surface area contributed by atoms with Gasteiger partial charge in [-0.3, -0.25) is 4.79 Å². The van der Waals surface area contributed by atoms with E-state index in [1.807, 2.05) is 0 Å². The Morgan fingerprint density at radius 3 is 2.17 bits per heavy atom. The Balaban J connectivity index is 2.68. The number of ketones is 1. The van der Waals surface area contributed by atoms with Gasteiger partial charge >= 0.3 is 6.09 Å². The summed E-state index contributed by atoms with van der Waals surface area (Å²) in [7, 11) is 1.47. The van der Waals surface area contributed by atoms with E-state index in [0.29, 0.717) is 0 Å². The number of carbonyl (C=O) groups excluding carboxylic acids is 2. The lowest BCUT2D eigenvalue weighted by atomic mass is 9.91. The highest BCUT2D eigenvalue weighted by Gasteiger charge is 2.48. The molecule has 1 unspecified atom stereocenters. The van der Waals surface area contributed by atoms with Gasteiger partial charge in [-0.05, 0) is 46.5 Å². The summed E-state index contributed by atoms with van der Waals surface area (Å²) in [5.41, 5.74) is -1.45. The highest BCUT2D eigenvalue weighted by Crippen LogP contribution is 2.40. The average Bonchev–Trinajstić information content (AvgIpc) is 2.97. The molecule has 1 atom stereocenters. The first-order valence-electron chi connectivity index (χ1n) is 6.22. The zero-order valence-corrected chi connectivity index (χ0v) is 11.8. The Morgan fingerprint density at radius 2 is 1.78 bits per heavy atom. The SMILES string of the molecule is COCC(=O)C(C)(NC(=O)OC(C)(C)C)C1CC1. The van der Waals surface area contributed by atoms with Crippen molar-refractivity contribution in [2.24, 2.45) is 5.92 Å². The summed E-state index contributed by atoms with van der Waals surface area (Å²) in [6.45, 7) is 7.12. The van der Waals surface area contributed by atoms with Crippen LogP contribution in [0.4, 0.5) is 4.79 Å². The number of rotatable bonds is 5. The lowest BCUT2D eigenvalue weighted by Crippen LogP contribution is -2.56. The minimum Gasteiger partial charge on any atom is -0.444 e. The summed E-state index contributed by atoms with van der Waals surface area (Å²) in [6, 6.07) is 0. The molecule has 1 aliphatic carbocycles.